The molecular formula is C8H7Cl4O5P. The van der Waals surface area contributed by atoms with Crippen molar-refractivity contribution in [2.45, 2.75) is 0 Å². The average Bonchev–Trinajstić information content (AvgIpc) is 2.39. The summed E-state index contributed by atoms with van der Waals surface area (Å²) in [5.74, 6) is -0.816. The van der Waals surface area contributed by atoms with E-state index in [1.54, 1.807) is 0 Å². The Kier molecular flexibility index (Phi) is 5.44. The maximum Gasteiger partial charge on any atom is 0.529 e. The number of benzene rings is 1. The summed E-state index contributed by atoms with van der Waals surface area (Å²) in [5, 5.41) is 8.37. The van der Waals surface area contributed by atoms with E-state index in [-0.39, 0.29) is 25.8 Å². The van der Waals surface area contributed by atoms with Crippen LogP contribution >= 0.6 is 54.2 Å². The molecule has 1 rings (SSSR count). The second-order valence-corrected chi connectivity index (χ2v) is 6.16. The fourth-order valence-electron chi connectivity index (χ4n) is 0.941. The standard InChI is InChI=1S/C8H7Cl4O5P/c1-15-18(14,16-2)17-8-5(11)3(9)7(13)4(10)6(8)12/h13H,1-2H3. The number of phosphoric ester groups is 1. The highest BCUT2D eigenvalue weighted by molar-refractivity contribution is 7.48. The quantitative estimate of drug-likeness (QED) is 0.621. The normalized spacial score (nSPS) is 11.7. The Morgan fingerprint density at radius 1 is 0.944 bits per heavy atom. The van der Waals surface area contributed by atoms with Crippen molar-refractivity contribution in [2.75, 3.05) is 14.2 Å². The second-order valence-electron chi connectivity index (χ2n) is 2.84. The lowest BCUT2D eigenvalue weighted by Gasteiger charge is -2.17. The summed E-state index contributed by atoms with van der Waals surface area (Å²) in [5.41, 5.74) is 0. The van der Waals surface area contributed by atoms with Gasteiger partial charge in [-0.2, -0.15) is 0 Å². The highest BCUT2D eigenvalue weighted by Gasteiger charge is 2.30. The zero-order valence-corrected chi connectivity index (χ0v) is 13.0. The maximum atomic E-state index is 11.8. The number of hydrogen-bond donors (Lipinski definition) is 1. The van der Waals surface area contributed by atoms with Gasteiger partial charge in [-0.1, -0.05) is 46.4 Å². The molecule has 0 aliphatic rings. The van der Waals surface area contributed by atoms with Crippen LogP contribution in [0.15, 0.2) is 0 Å². The number of phosphoric acid groups is 1. The summed E-state index contributed by atoms with van der Waals surface area (Å²) in [6, 6.07) is 0. The van der Waals surface area contributed by atoms with Gasteiger partial charge in [0.05, 0.1) is 0 Å². The Morgan fingerprint density at radius 2 is 1.33 bits per heavy atom. The van der Waals surface area contributed by atoms with Crippen LogP contribution in [-0.2, 0) is 13.6 Å². The van der Waals surface area contributed by atoms with Gasteiger partial charge in [-0.05, 0) is 0 Å². The molecule has 5 nitrogen and oxygen atoms in total. The molecule has 0 spiro atoms. The first kappa shape index (κ1) is 16.2. The van der Waals surface area contributed by atoms with Gasteiger partial charge in [-0.15, -0.1) is 0 Å². The first-order valence-electron chi connectivity index (χ1n) is 4.23. The van der Waals surface area contributed by atoms with E-state index in [1.807, 2.05) is 0 Å². The fraction of sp³-hybridized carbons (Fsp3) is 0.250. The van der Waals surface area contributed by atoms with Crippen LogP contribution in [0, 0.1) is 0 Å². The minimum absolute atomic E-state index is 0.266. The van der Waals surface area contributed by atoms with Gasteiger partial charge in [0.2, 0.25) is 0 Å². The maximum absolute atomic E-state index is 11.8. The molecule has 0 bridgehead atoms. The van der Waals surface area contributed by atoms with Crippen LogP contribution in [-0.4, -0.2) is 19.3 Å². The minimum atomic E-state index is -3.88. The molecule has 1 N–H and O–H groups in total. The lowest BCUT2D eigenvalue weighted by molar-refractivity contribution is 0.211. The highest BCUT2D eigenvalue weighted by Crippen LogP contribution is 2.56. The first-order valence-corrected chi connectivity index (χ1v) is 7.20. The smallest absolute Gasteiger partial charge is 0.505 e. The van der Waals surface area contributed by atoms with E-state index in [9.17, 15) is 9.67 Å². The molecule has 0 saturated carbocycles. The molecule has 0 unspecified atom stereocenters. The van der Waals surface area contributed by atoms with Crippen molar-refractivity contribution in [3.8, 4) is 11.5 Å². The van der Waals surface area contributed by atoms with Crippen LogP contribution in [0.25, 0.3) is 0 Å². The SMILES string of the molecule is COP(=O)(OC)Oc1c(Cl)c(Cl)c(O)c(Cl)c1Cl. The van der Waals surface area contributed by atoms with Gasteiger partial charge in [0.15, 0.2) is 11.5 Å². The highest BCUT2D eigenvalue weighted by atomic mass is 35.5. The summed E-state index contributed by atoms with van der Waals surface area (Å²) in [7, 11) is -1.67. The molecule has 0 aromatic heterocycles. The third-order valence-electron chi connectivity index (χ3n) is 1.85. The van der Waals surface area contributed by atoms with Crippen LogP contribution in [0.3, 0.4) is 0 Å². The Balaban J connectivity index is 3.39. The Hall–Kier alpha value is 0.130. The molecule has 0 aliphatic heterocycles. The second kappa shape index (κ2) is 6.06. The largest absolute Gasteiger partial charge is 0.529 e. The lowest BCUT2D eigenvalue weighted by Crippen LogP contribution is -1.99. The van der Waals surface area contributed by atoms with Crippen LogP contribution in [0.2, 0.25) is 20.1 Å². The molecule has 1 aromatic carbocycles. The minimum Gasteiger partial charge on any atom is -0.505 e. The number of hydrogen-bond acceptors (Lipinski definition) is 5. The predicted molar refractivity (Wildman–Crippen MR) is 70.4 cm³/mol. The van der Waals surface area contributed by atoms with Gasteiger partial charge < -0.3 is 9.63 Å². The molecule has 1 aromatic rings. The molecule has 0 radical (unpaired) electrons. The van der Waals surface area contributed by atoms with Crippen molar-refractivity contribution in [2.24, 2.45) is 0 Å². The Morgan fingerprint density at radius 3 is 1.67 bits per heavy atom. The predicted octanol–water partition coefficient (Wildman–Crippen LogP) is 4.79. The summed E-state index contributed by atoms with van der Waals surface area (Å²) >= 11 is 23.0. The third kappa shape index (κ3) is 2.99. The molecule has 10 heteroatoms. The number of phenolic OH excluding ortho intramolecular Hbond substituents is 1. The van der Waals surface area contributed by atoms with Crippen molar-refractivity contribution in [1.82, 2.24) is 0 Å². The molecule has 0 atom stereocenters. The van der Waals surface area contributed by atoms with Crippen LogP contribution in [0.5, 0.6) is 11.5 Å². The molecule has 0 aliphatic carbocycles. The summed E-state index contributed by atoms with van der Waals surface area (Å²) in [6.45, 7) is 0. The van der Waals surface area contributed by atoms with E-state index >= 15 is 0 Å². The van der Waals surface area contributed by atoms with Gasteiger partial charge in [-0.3, -0.25) is 9.05 Å². The molecule has 0 heterocycles. The summed E-state index contributed by atoms with van der Waals surface area (Å²) in [6.07, 6.45) is 0. The Bertz CT molecular complexity index is 484. The first-order chi connectivity index (χ1) is 8.27. The van der Waals surface area contributed by atoms with E-state index in [0.29, 0.717) is 0 Å². The van der Waals surface area contributed by atoms with Crippen molar-refractivity contribution >= 4 is 54.2 Å². The zero-order chi connectivity index (χ0) is 14.1. The number of rotatable bonds is 4. The van der Waals surface area contributed by atoms with E-state index < -0.39 is 13.6 Å². The molecule has 18 heavy (non-hydrogen) atoms. The summed E-state index contributed by atoms with van der Waals surface area (Å²) in [4.78, 5) is 0. The number of phenols is 1. The van der Waals surface area contributed by atoms with Crippen molar-refractivity contribution in [1.29, 1.82) is 0 Å². The molecule has 0 saturated heterocycles. The Labute approximate surface area is 123 Å². The van der Waals surface area contributed by atoms with E-state index in [2.05, 4.69) is 9.05 Å². The van der Waals surface area contributed by atoms with E-state index in [0.717, 1.165) is 14.2 Å². The van der Waals surface area contributed by atoms with E-state index in [4.69, 9.17) is 50.9 Å². The van der Waals surface area contributed by atoms with Gasteiger partial charge in [-0.25, -0.2) is 4.57 Å². The summed E-state index contributed by atoms with van der Waals surface area (Å²) < 4.78 is 25.9. The zero-order valence-electron chi connectivity index (χ0n) is 9.04. The topological polar surface area (TPSA) is 65.0 Å². The monoisotopic (exact) mass is 354 g/mol. The van der Waals surface area contributed by atoms with Gasteiger partial charge >= 0.3 is 7.82 Å². The molecule has 0 amide bonds. The van der Waals surface area contributed by atoms with Crippen LogP contribution < -0.4 is 4.52 Å². The number of halogens is 4. The van der Waals surface area contributed by atoms with Gasteiger partial charge in [0.1, 0.15) is 20.1 Å². The van der Waals surface area contributed by atoms with Gasteiger partial charge in [0.25, 0.3) is 0 Å². The van der Waals surface area contributed by atoms with Crippen LogP contribution in [0.1, 0.15) is 0 Å². The van der Waals surface area contributed by atoms with Crippen LogP contribution in [0.4, 0.5) is 0 Å². The van der Waals surface area contributed by atoms with Crippen molar-refractivity contribution in [3.05, 3.63) is 20.1 Å². The third-order valence-corrected chi connectivity index (χ3v) is 4.80. The lowest BCUT2D eigenvalue weighted by atomic mass is 10.3. The fourth-order valence-corrected chi connectivity index (χ4v) is 2.66. The molecule has 0 fully saturated rings. The molecular weight excluding hydrogens is 349 g/mol. The van der Waals surface area contributed by atoms with Crippen molar-refractivity contribution in [3.63, 3.8) is 0 Å². The van der Waals surface area contributed by atoms with Crippen molar-refractivity contribution < 1.29 is 23.2 Å². The van der Waals surface area contributed by atoms with Gasteiger partial charge in [0, 0.05) is 14.2 Å². The molecule has 102 valence electrons. The van der Waals surface area contributed by atoms with E-state index in [1.165, 1.54) is 0 Å². The number of aromatic hydroxyl groups is 1. The average molecular weight is 356 g/mol.